The van der Waals surface area contributed by atoms with E-state index < -0.39 is 0 Å². The molecule has 0 saturated heterocycles. The number of hydrogen-bond acceptors (Lipinski definition) is 2. The van der Waals surface area contributed by atoms with Gasteiger partial charge in [-0.05, 0) is 51.1 Å². The van der Waals surface area contributed by atoms with Crippen LogP contribution in [-0.2, 0) is 0 Å². The highest BCUT2D eigenvalue weighted by atomic mass is 35.5. The molecule has 1 heterocycles. The van der Waals surface area contributed by atoms with Gasteiger partial charge in [-0.3, -0.25) is 0 Å². The molecular formula is C14H21ClN2. The molecule has 1 atom stereocenters. The number of nitrogens with zero attached hydrogens (tertiary/aromatic N) is 1. The number of hydrogen-bond donors (Lipinski definition) is 1. The Hall–Kier alpha value is -0.730. The standard InChI is InChI=1S/C14H21ClN2/c1-3-17-10-11(6-5-9-16-2)14-12(15)7-4-8-13(14)17/h4,7-8,11,16H,3,5-6,9-10H2,1-2H3. The number of fused-ring (bicyclic) bond motifs is 1. The summed E-state index contributed by atoms with van der Waals surface area (Å²) in [5.74, 6) is 0.604. The molecule has 1 aromatic rings. The normalized spacial score (nSPS) is 18.5. The first-order chi connectivity index (χ1) is 8.27. The Labute approximate surface area is 109 Å². The maximum absolute atomic E-state index is 6.36. The molecule has 3 heteroatoms. The van der Waals surface area contributed by atoms with Crippen molar-refractivity contribution in [3.05, 3.63) is 28.8 Å². The second-order valence-corrected chi connectivity index (χ2v) is 5.06. The minimum atomic E-state index is 0.604. The average molecular weight is 253 g/mol. The van der Waals surface area contributed by atoms with Gasteiger partial charge in [0.1, 0.15) is 0 Å². The van der Waals surface area contributed by atoms with E-state index in [2.05, 4.69) is 29.3 Å². The zero-order valence-electron chi connectivity index (χ0n) is 10.7. The molecule has 1 unspecified atom stereocenters. The lowest BCUT2D eigenvalue weighted by molar-refractivity contribution is 0.588. The van der Waals surface area contributed by atoms with E-state index in [0.29, 0.717) is 5.92 Å². The van der Waals surface area contributed by atoms with Gasteiger partial charge in [0.05, 0.1) is 0 Å². The molecule has 0 aromatic heterocycles. The van der Waals surface area contributed by atoms with Gasteiger partial charge in [-0.25, -0.2) is 0 Å². The van der Waals surface area contributed by atoms with Crippen LogP contribution in [-0.4, -0.2) is 26.7 Å². The van der Waals surface area contributed by atoms with Crippen LogP contribution in [0, 0.1) is 0 Å². The minimum Gasteiger partial charge on any atom is -0.371 e. The largest absolute Gasteiger partial charge is 0.371 e. The molecule has 0 spiro atoms. The molecule has 1 aliphatic rings. The Balaban J connectivity index is 2.17. The first kappa shape index (κ1) is 12.7. The van der Waals surface area contributed by atoms with Crippen LogP contribution in [0.4, 0.5) is 5.69 Å². The lowest BCUT2D eigenvalue weighted by Crippen LogP contribution is -2.21. The van der Waals surface area contributed by atoms with Gasteiger partial charge >= 0.3 is 0 Å². The molecule has 0 fully saturated rings. The second-order valence-electron chi connectivity index (χ2n) is 4.65. The molecule has 2 rings (SSSR count). The van der Waals surface area contributed by atoms with E-state index in [1.807, 2.05) is 13.1 Å². The first-order valence-electron chi connectivity index (χ1n) is 6.45. The molecule has 0 radical (unpaired) electrons. The number of halogens is 1. The SMILES string of the molecule is CCN1CC(CCCNC)c2c(Cl)cccc21. The number of rotatable bonds is 5. The van der Waals surface area contributed by atoms with Crippen LogP contribution in [0.1, 0.15) is 31.2 Å². The van der Waals surface area contributed by atoms with Gasteiger partial charge < -0.3 is 10.2 Å². The van der Waals surface area contributed by atoms with E-state index in [4.69, 9.17) is 11.6 Å². The molecule has 1 aliphatic heterocycles. The van der Waals surface area contributed by atoms with Crippen molar-refractivity contribution in [2.45, 2.75) is 25.7 Å². The van der Waals surface area contributed by atoms with Gasteiger partial charge in [-0.2, -0.15) is 0 Å². The van der Waals surface area contributed by atoms with Crippen molar-refractivity contribution in [2.24, 2.45) is 0 Å². The number of likely N-dealkylation sites (N-methyl/N-ethyl adjacent to an activating group) is 1. The quantitative estimate of drug-likeness (QED) is 0.810. The van der Waals surface area contributed by atoms with Gasteiger partial charge in [0.25, 0.3) is 0 Å². The number of nitrogens with one attached hydrogen (secondary N) is 1. The summed E-state index contributed by atoms with van der Waals surface area (Å²) in [5, 5.41) is 4.15. The van der Waals surface area contributed by atoms with Crippen LogP contribution in [0.25, 0.3) is 0 Å². The fourth-order valence-electron chi connectivity index (χ4n) is 2.72. The third-order valence-electron chi connectivity index (χ3n) is 3.58. The number of benzene rings is 1. The summed E-state index contributed by atoms with van der Waals surface area (Å²) >= 11 is 6.36. The van der Waals surface area contributed by atoms with Crippen molar-refractivity contribution in [1.82, 2.24) is 5.32 Å². The Kier molecular flexibility index (Phi) is 4.30. The second kappa shape index (κ2) is 5.74. The van der Waals surface area contributed by atoms with Crippen molar-refractivity contribution >= 4 is 17.3 Å². The summed E-state index contributed by atoms with van der Waals surface area (Å²) in [7, 11) is 2.01. The lowest BCUT2D eigenvalue weighted by atomic mass is 9.96. The molecule has 1 aromatic carbocycles. The third-order valence-corrected chi connectivity index (χ3v) is 3.91. The highest BCUT2D eigenvalue weighted by Gasteiger charge is 2.28. The fourth-order valence-corrected chi connectivity index (χ4v) is 3.05. The van der Waals surface area contributed by atoms with Crippen LogP contribution < -0.4 is 10.2 Å². The van der Waals surface area contributed by atoms with Crippen molar-refractivity contribution < 1.29 is 0 Å². The highest BCUT2D eigenvalue weighted by Crippen LogP contribution is 2.42. The summed E-state index contributed by atoms with van der Waals surface area (Å²) in [6.45, 7) is 5.48. The molecule has 0 aliphatic carbocycles. The van der Waals surface area contributed by atoms with E-state index in [1.54, 1.807) is 0 Å². The van der Waals surface area contributed by atoms with Crippen LogP contribution in [0.5, 0.6) is 0 Å². The molecule has 17 heavy (non-hydrogen) atoms. The van der Waals surface area contributed by atoms with Gasteiger partial charge in [-0.15, -0.1) is 0 Å². The summed E-state index contributed by atoms with van der Waals surface area (Å²) < 4.78 is 0. The molecular weight excluding hydrogens is 232 g/mol. The van der Waals surface area contributed by atoms with E-state index in [9.17, 15) is 0 Å². The maximum atomic E-state index is 6.36. The van der Waals surface area contributed by atoms with E-state index in [1.165, 1.54) is 24.1 Å². The van der Waals surface area contributed by atoms with Gasteiger partial charge in [-0.1, -0.05) is 17.7 Å². The Morgan fingerprint density at radius 3 is 3.00 bits per heavy atom. The van der Waals surface area contributed by atoms with Crippen molar-refractivity contribution in [2.75, 3.05) is 31.6 Å². The van der Waals surface area contributed by atoms with E-state index in [-0.39, 0.29) is 0 Å². The minimum absolute atomic E-state index is 0.604. The van der Waals surface area contributed by atoms with Crippen molar-refractivity contribution in [1.29, 1.82) is 0 Å². The molecule has 2 nitrogen and oxygen atoms in total. The molecule has 0 amide bonds. The maximum Gasteiger partial charge on any atom is 0.0462 e. The van der Waals surface area contributed by atoms with E-state index in [0.717, 1.165) is 24.7 Å². The molecule has 0 bridgehead atoms. The smallest absolute Gasteiger partial charge is 0.0462 e. The van der Waals surface area contributed by atoms with Crippen LogP contribution >= 0.6 is 11.6 Å². The molecule has 0 saturated carbocycles. The van der Waals surface area contributed by atoms with Crippen LogP contribution in [0.3, 0.4) is 0 Å². The first-order valence-corrected chi connectivity index (χ1v) is 6.83. The average Bonchev–Trinajstić information content (AvgIpc) is 2.69. The summed E-state index contributed by atoms with van der Waals surface area (Å²) in [6, 6.07) is 6.27. The Morgan fingerprint density at radius 2 is 2.29 bits per heavy atom. The summed E-state index contributed by atoms with van der Waals surface area (Å²) in [4.78, 5) is 2.44. The monoisotopic (exact) mass is 252 g/mol. The Bertz CT molecular complexity index is 378. The number of anilines is 1. The van der Waals surface area contributed by atoms with Crippen molar-refractivity contribution in [3.8, 4) is 0 Å². The zero-order chi connectivity index (χ0) is 12.3. The van der Waals surface area contributed by atoms with Gasteiger partial charge in [0.2, 0.25) is 0 Å². The van der Waals surface area contributed by atoms with Gasteiger partial charge in [0.15, 0.2) is 0 Å². The van der Waals surface area contributed by atoms with Crippen molar-refractivity contribution in [3.63, 3.8) is 0 Å². The predicted molar refractivity (Wildman–Crippen MR) is 75.2 cm³/mol. The lowest BCUT2D eigenvalue weighted by Gasteiger charge is -2.17. The predicted octanol–water partition coefficient (Wildman–Crippen LogP) is 3.26. The Morgan fingerprint density at radius 1 is 1.47 bits per heavy atom. The highest BCUT2D eigenvalue weighted by molar-refractivity contribution is 6.32. The zero-order valence-corrected chi connectivity index (χ0v) is 11.4. The third kappa shape index (κ3) is 2.58. The van der Waals surface area contributed by atoms with Gasteiger partial charge in [0, 0.05) is 29.7 Å². The van der Waals surface area contributed by atoms with Crippen LogP contribution in [0.15, 0.2) is 18.2 Å². The van der Waals surface area contributed by atoms with Crippen LogP contribution in [0.2, 0.25) is 5.02 Å². The topological polar surface area (TPSA) is 15.3 Å². The summed E-state index contributed by atoms with van der Waals surface area (Å²) in [5.41, 5.74) is 2.71. The molecule has 94 valence electrons. The van der Waals surface area contributed by atoms with E-state index >= 15 is 0 Å². The molecule has 1 N–H and O–H groups in total. The fraction of sp³-hybridized carbons (Fsp3) is 0.571. The summed E-state index contributed by atoms with van der Waals surface area (Å²) in [6.07, 6.45) is 2.43.